The number of ether oxygens (including phenoxy) is 3. The van der Waals surface area contributed by atoms with Gasteiger partial charge in [0.2, 0.25) is 5.76 Å². The Balaban J connectivity index is 1.76. The smallest absolute Gasteiger partial charge is 0.295 e. The molecule has 0 bridgehead atoms. The molecule has 4 aromatic rings. The second kappa shape index (κ2) is 8.59. The Kier molecular flexibility index (Phi) is 5.45. The molecule has 0 N–H and O–H groups in total. The fourth-order valence-corrected chi connectivity index (χ4v) is 4.37. The molecule has 172 valence electrons. The number of nitrogens with zero attached hydrogens (tertiary/aromatic N) is 1. The number of hydrogen-bond acceptors (Lipinski definition) is 6. The number of rotatable bonds is 6. The average molecular weight is 457 g/mol. The third-order valence-electron chi connectivity index (χ3n) is 5.93. The van der Waals surface area contributed by atoms with Crippen molar-refractivity contribution in [3.05, 3.63) is 93.8 Å². The van der Waals surface area contributed by atoms with Crippen molar-refractivity contribution < 1.29 is 23.4 Å². The minimum absolute atomic E-state index is 0.0392. The molecule has 2 heterocycles. The molecule has 1 aromatic heterocycles. The summed E-state index contributed by atoms with van der Waals surface area (Å²) in [6, 6.07) is 18.8. The molecule has 0 saturated carbocycles. The van der Waals surface area contributed by atoms with Gasteiger partial charge in [-0.25, -0.2) is 0 Å². The normalized spacial score (nSPS) is 14.9. The third-order valence-corrected chi connectivity index (χ3v) is 5.93. The number of methoxy groups -OCH3 is 2. The van der Waals surface area contributed by atoms with E-state index >= 15 is 0 Å². The molecule has 0 aliphatic carbocycles. The first-order chi connectivity index (χ1) is 16.6. The molecule has 34 heavy (non-hydrogen) atoms. The van der Waals surface area contributed by atoms with Crippen molar-refractivity contribution in [1.29, 1.82) is 0 Å². The number of hydrogen-bond donors (Lipinski definition) is 0. The molecular formula is C27H23NO6. The summed E-state index contributed by atoms with van der Waals surface area (Å²) in [5.74, 6) is 1.41. The van der Waals surface area contributed by atoms with Gasteiger partial charge in [0.05, 0.1) is 37.8 Å². The minimum Gasteiger partial charge on any atom is -0.497 e. The number of benzene rings is 3. The summed E-state index contributed by atoms with van der Waals surface area (Å²) in [7, 11) is 3.13. The minimum atomic E-state index is -0.707. The van der Waals surface area contributed by atoms with Gasteiger partial charge in [-0.3, -0.25) is 14.5 Å². The highest BCUT2D eigenvalue weighted by atomic mass is 16.5. The van der Waals surface area contributed by atoms with Crippen molar-refractivity contribution in [2.75, 3.05) is 25.7 Å². The van der Waals surface area contributed by atoms with E-state index in [0.29, 0.717) is 51.6 Å². The van der Waals surface area contributed by atoms with Crippen LogP contribution in [0.2, 0.25) is 0 Å². The maximum absolute atomic E-state index is 13.7. The van der Waals surface area contributed by atoms with E-state index in [0.717, 1.165) is 0 Å². The topological polar surface area (TPSA) is 78.2 Å². The molecule has 1 amide bonds. The second-order valence-electron chi connectivity index (χ2n) is 7.79. The van der Waals surface area contributed by atoms with Crippen LogP contribution in [0.25, 0.3) is 11.0 Å². The molecular weight excluding hydrogens is 434 g/mol. The molecule has 7 heteroatoms. The second-order valence-corrected chi connectivity index (χ2v) is 7.79. The maximum atomic E-state index is 13.7. The van der Waals surface area contributed by atoms with Crippen LogP contribution in [0.1, 0.15) is 34.6 Å². The summed E-state index contributed by atoms with van der Waals surface area (Å²) in [6.07, 6.45) is 0. The molecule has 0 spiro atoms. The lowest BCUT2D eigenvalue weighted by atomic mass is 9.97. The highest BCUT2D eigenvalue weighted by Crippen LogP contribution is 2.43. The number of carbonyl (C=O) groups is 1. The first kappa shape index (κ1) is 21.6. The molecule has 1 aliphatic heterocycles. The van der Waals surface area contributed by atoms with Crippen LogP contribution < -0.4 is 24.5 Å². The van der Waals surface area contributed by atoms with Crippen LogP contribution in [0.5, 0.6) is 17.2 Å². The van der Waals surface area contributed by atoms with Gasteiger partial charge in [0, 0.05) is 5.69 Å². The zero-order valence-electron chi connectivity index (χ0n) is 19.0. The number of para-hydroxylation sites is 1. The van der Waals surface area contributed by atoms with Gasteiger partial charge in [-0.15, -0.1) is 0 Å². The Labute approximate surface area is 196 Å². The summed E-state index contributed by atoms with van der Waals surface area (Å²) < 4.78 is 22.5. The van der Waals surface area contributed by atoms with Gasteiger partial charge in [0.15, 0.2) is 16.9 Å². The largest absolute Gasteiger partial charge is 0.497 e. The highest BCUT2D eigenvalue weighted by molar-refractivity contribution is 6.10. The van der Waals surface area contributed by atoms with Crippen LogP contribution in [0, 0.1) is 0 Å². The average Bonchev–Trinajstić information content (AvgIpc) is 3.17. The Hall–Kier alpha value is -4.26. The first-order valence-corrected chi connectivity index (χ1v) is 10.9. The van der Waals surface area contributed by atoms with Crippen molar-refractivity contribution in [3.63, 3.8) is 0 Å². The number of amides is 1. The third kappa shape index (κ3) is 3.37. The van der Waals surface area contributed by atoms with E-state index < -0.39 is 6.04 Å². The molecule has 0 fully saturated rings. The molecule has 7 nitrogen and oxygen atoms in total. The molecule has 1 atom stereocenters. The van der Waals surface area contributed by atoms with Gasteiger partial charge in [-0.2, -0.15) is 0 Å². The lowest BCUT2D eigenvalue weighted by molar-refractivity contribution is 0.0971. The van der Waals surface area contributed by atoms with Crippen LogP contribution in [0.4, 0.5) is 5.69 Å². The molecule has 0 radical (unpaired) electrons. The zero-order chi connectivity index (χ0) is 23.8. The molecule has 1 unspecified atom stereocenters. The predicted molar refractivity (Wildman–Crippen MR) is 128 cm³/mol. The van der Waals surface area contributed by atoms with Gasteiger partial charge in [0.25, 0.3) is 5.91 Å². The first-order valence-electron chi connectivity index (χ1n) is 10.9. The summed E-state index contributed by atoms with van der Waals surface area (Å²) >= 11 is 0. The Bertz CT molecular complexity index is 1440. The van der Waals surface area contributed by atoms with Gasteiger partial charge >= 0.3 is 0 Å². The summed E-state index contributed by atoms with van der Waals surface area (Å²) in [6.45, 7) is 2.37. The predicted octanol–water partition coefficient (Wildman–Crippen LogP) is 4.96. The van der Waals surface area contributed by atoms with E-state index in [1.54, 1.807) is 79.8 Å². The van der Waals surface area contributed by atoms with E-state index in [4.69, 9.17) is 18.6 Å². The van der Waals surface area contributed by atoms with E-state index in [9.17, 15) is 9.59 Å². The lowest BCUT2D eigenvalue weighted by Crippen LogP contribution is -2.29. The van der Waals surface area contributed by atoms with Crippen LogP contribution in [-0.2, 0) is 0 Å². The summed E-state index contributed by atoms with van der Waals surface area (Å²) in [4.78, 5) is 28.9. The standard InChI is InChI=1S/C27H23NO6/c1-4-33-21-14-9-16(15-22(21)32-3)24-23-25(29)19-7-5-6-8-20(19)34-26(23)27(30)28(24)17-10-12-18(31-2)13-11-17/h5-15,24H,4H2,1-3H3. The van der Waals surface area contributed by atoms with Crippen molar-refractivity contribution in [1.82, 2.24) is 0 Å². The van der Waals surface area contributed by atoms with Gasteiger partial charge in [-0.1, -0.05) is 18.2 Å². The zero-order valence-corrected chi connectivity index (χ0v) is 19.0. The van der Waals surface area contributed by atoms with E-state index in [2.05, 4.69) is 0 Å². The van der Waals surface area contributed by atoms with E-state index in [1.807, 2.05) is 13.0 Å². The monoisotopic (exact) mass is 457 g/mol. The van der Waals surface area contributed by atoms with Crippen molar-refractivity contribution in [2.24, 2.45) is 0 Å². The van der Waals surface area contributed by atoms with E-state index in [1.165, 1.54) is 0 Å². The number of carbonyl (C=O) groups excluding carboxylic acids is 1. The lowest BCUT2D eigenvalue weighted by Gasteiger charge is -2.26. The molecule has 5 rings (SSSR count). The summed E-state index contributed by atoms with van der Waals surface area (Å²) in [5.41, 5.74) is 1.74. The van der Waals surface area contributed by atoms with Crippen LogP contribution >= 0.6 is 0 Å². The van der Waals surface area contributed by atoms with Crippen molar-refractivity contribution in [3.8, 4) is 17.2 Å². The Morgan fingerprint density at radius 2 is 1.68 bits per heavy atom. The molecule has 3 aromatic carbocycles. The fourth-order valence-electron chi connectivity index (χ4n) is 4.37. The van der Waals surface area contributed by atoms with E-state index in [-0.39, 0.29) is 17.1 Å². The van der Waals surface area contributed by atoms with Crippen molar-refractivity contribution in [2.45, 2.75) is 13.0 Å². The highest BCUT2D eigenvalue weighted by Gasteiger charge is 2.43. The van der Waals surface area contributed by atoms with Crippen LogP contribution in [-0.4, -0.2) is 26.7 Å². The Morgan fingerprint density at radius 3 is 2.38 bits per heavy atom. The number of fused-ring (bicyclic) bond motifs is 2. The summed E-state index contributed by atoms with van der Waals surface area (Å²) in [5, 5.41) is 0.425. The van der Waals surface area contributed by atoms with Gasteiger partial charge in [-0.05, 0) is 61.0 Å². The molecule has 0 saturated heterocycles. The number of anilines is 1. The SMILES string of the molecule is CCOc1ccc(C2c3c(oc4ccccc4c3=O)C(=O)N2c2ccc(OC)cc2)cc1OC. The molecule has 1 aliphatic rings. The maximum Gasteiger partial charge on any atom is 0.295 e. The van der Waals surface area contributed by atoms with Gasteiger partial charge in [0.1, 0.15) is 11.3 Å². The van der Waals surface area contributed by atoms with Crippen LogP contribution in [0.3, 0.4) is 0 Å². The quantitative estimate of drug-likeness (QED) is 0.407. The van der Waals surface area contributed by atoms with Crippen LogP contribution in [0.15, 0.2) is 75.9 Å². The Morgan fingerprint density at radius 1 is 0.912 bits per heavy atom. The van der Waals surface area contributed by atoms with Gasteiger partial charge < -0.3 is 18.6 Å². The fraction of sp³-hybridized carbons (Fsp3) is 0.185. The van der Waals surface area contributed by atoms with Crippen molar-refractivity contribution >= 4 is 22.6 Å².